The van der Waals surface area contributed by atoms with Gasteiger partial charge in [0.1, 0.15) is 12.4 Å². The standard InChI is InChI=1S/C15H16ClNO/c1-10-6-7-13(16)8-15(10)18-9-12-4-3-5-14(17)11(12)2/h3-8H,9,17H2,1-2H3. The topological polar surface area (TPSA) is 35.2 Å². The molecule has 0 bridgehead atoms. The molecule has 0 unspecified atom stereocenters. The molecule has 0 aliphatic heterocycles. The molecule has 0 saturated carbocycles. The van der Waals surface area contributed by atoms with Crippen molar-refractivity contribution in [2.75, 3.05) is 5.73 Å². The molecule has 18 heavy (non-hydrogen) atoms. The first-order valence-electron chi connectivity index (χ1n) is 5.81. The highest BCUT2D eigenvalue weighted by atomic mass is 35.5. The smallest absolute Gasteiger partial charge is 0.124 e. The molecule has 94 valence electrons. The van der Waals surface area contributed by atoms with E-state index in [0.29, 0.717) is 11.6 Å². The first-order chi connectivity index (χ1) is 8.58. The number of rotatable bonds is 3. The third-order valence-corrected chi connectivity index (χ3v) is 3.26. The summed E-state index contributed by atoms with van der Waals surface area (Å²) >= 11 is 5.96. The van der Waals surface area contributed by atoms with Crippen LogP contribution in [0.2, 0.25) is 5.02 Å². The van der Waals surface area contributed by atoms with Crippen LogP contribution in [0.4, 0.5) is 5.69 Å². The lowest BCUT2D eigenvalue weighted by molar-refractivity contribution is 0.303. The van der Waals surface area contributed by atoms with E-state index in [1.165, 1.54) is 0 Å². The predicted molar refractivity (Wildman–Crippen MR) is 76.1 cm³/mol. The van der Waals surface area contributed by atoms with E-state index >= 15 is 0 Å². The summed E-state index contributed by atoms with van der Waals surface area (Å²) in [4.78, 5) is 0. The SMILES string of the molecule is Cc1ccc(Cl)cc1OCc1cccc(N)c1C. The van der Waals surface area contributed by atoms with E-state index in [4.69, 9.17) is 22.1 Å². The maximum atomic E-state index is 5.96. The van der Waals surface area contributed by atoms with Crippen molar-refractivity contribution in [1.29, 1.82) is 0 Å². The average molecular weight is 262 g/mol. The number of halogens is 1. The van der Waals surface area contributed by atoms with E-state index in [2.05, 4.69) is 0 Å². The van der Waals surface area contributed by atoms with Gasteiger partial charge in [-0.1, -0.05) is 29.8 Å². The van der Waals surface area contributed by atoms with Crippen molar-refractivity contribution in [2.45, 2.75) is 20.5 Å². The summed E-state index contributed by atoms with van der Waals surface area (Å²) in [5, 5.41) is 0.680. The normalized spacial score (nSPS) is 10.4. The number of hydrogen-bond donors (Lipinski definition) is 1. The molecule has 0 radical (unpaired) electrons. The Hall–Kier alpha value is -1.67. The van der Waals surface area contributed by atoms with Gasteiger partial charge < -0.3 is 10.5 Å². The molecule has 0 aromatic heterocycles. The Morgan fingerprint density at radius 2 is 1.94 bits per heavy atom. The van der Waals surface area contributed by atoms with E-state index < -0.39 is 0 Å². The maximum Gasteiger partial charge on any atom is 0.124 e. The molecule has 0 atom stereocenters. The van der Waals surface area contributed by atoms with Crippen molar-refractivity contribution >= 4 is 17.3 Å². The van der Waals surface area contributed by atoms with E-state index in [-0.39, 0.29) is 0 Å². The lowest BCUT2D eigenvalue weighted by atomic mass is 10.1. The fourth-order valence-electron chi connectivity index (χ4n) is 1.74. The molecule has 2 N–H and O–H groups in total. The number of ether oxygens (including phenoxy) is 1. The van der Waals surface area contributed by atoms with Gasteiger partial charge in [-0.2, -0.15) is 0 Å². The summed E-state index contributed by atoms with van der Waals surface area (Å²) in [6, 6.07) is 11.5. The summed E-state index contributed by atoms with van der Waals surface area (Å²) in [6.45, 7) is 4.49. The summed E-state index contributed by atoms with van der Waals surface area (Å²) < 4.78 is 5.80. The van der Waals surface area contributed by atoms with Crippen molar-refractivity contribution in [3.8, 4) is 5.75 Å². The number of nitrogens with two attached hydrogens (primary N) is 1. The van der Waals surface area contributed by atoms with E-state index in [1.807, 2.05) is 50.2 Å². The fraction of sp³-hybridized carbons (Fsp3) is 0.200. The zero-order chi connectivity index (χ0) is 13.1. The minimum Gasteiger partial charge on any atom is -0.489 e. The van der Waals surface area contributed by atoms with Crippen LogP contribution in [0.1, 0.15) is 16.7 Å². The first kappa shape index (κ1) is 12.8. The van der Waals surface area contributed by atoms with Crippen LogP contribution in [0.25, 0.3) is 0 Å². The van der Waals surface area contributed by atoms with Crippen LogP contribution >= 0.6 is 11.6 Å². The van der Waals surface area contributed by atoms with Gasteiger partial charge in [0.2, 0.25) is 0 Å². The van der Waals surface area contributed by atoms with Gasteiger partial charge in [0.15, 0.2) is 0 Å². The lowest BCUT2D eigenvalue weighted by Crippen LogP contribution is -2.01. The summed E-state index contributed by atoms with van der Waals surface area (Å²) in [7, 11) is 0. The monoisotopic (exact) mass is 261 g/mol. The van der Waals surface area contributed by atoms with Gasteiger partial charge in [-0.15, -0.1) is 0 Å². The second-order valence-corrected chi connectivity index (χ2v) is 4.77. The highest BCUT2D eigenvalue weighted by Crippen LogP contribution is 2.24. The molecule has 0 saturated heterocycles. The van der Waals surface area contributed by atoms with Gasteiger partial charge >= 0.3 is 0 Å². The zero-order valence-electron chi connectivity index (χ0n) is 10.5. The summed E-state index contributed by atoms with van der Waals surface area (Å²) in [5.41, 5.74) is 9.89. The van der Waals surface area contributed by atoms with Crippen molar-refractivity contribution in [3.05, 3.63) is 58.1 Å². The largest absolute Gasteiger partial charge is 0.489 e. The number of aryl methyl sites for hydroxylation is 1. The zero-order valence-corrected chi connectivity index (χ0v) is 11.3. The van der Waals surface area contributed by atoms with E-state index in [1.54, 1.807) is 0 Å². The van der Waals surface area contributed by atoms with Crippen molar-refractivity contribution in [1.82, 2.24) is 0 Å². The van der Waals surface area contributed by atoms with Gasteiger partial charge in [-0.25, -0.2) is 0 Å². The van der Waals surface area contributed by atoms with Gasteiger partial charge in [0, 0.05) is 10.7 Å². The van der Waals surface area contributed by atoms with Crippen LogP contribution in [0, 0.1) is 13.8 Å². The van der Waals surface area contributed by atoms with E-state index in [9.17, 15) is 0 Å². The van der Waals surface area contributed by atoms with Crippen molar-refractivity contribution < 1.29 is 4.74 Å². The van der Waals surface area contributed by atoms with Crippen LogP contribution in [0.15, 0.2) is 36.4 Å². The van der Waals surface area contributed by atoms with Gasteiger partial charge in [-0.3, -0.25) is 0 Å². The Bertz CT molecular complexity index is 564. The molecule has 2 rings (SSSR count). The minimum atomic E-state index is 0.498. The van der Waals surface area contributed by atoms with Crippen molar-refractivity contribution in [2.24, 2.45) is 0 Å². The van der Waals surface area contributed by atoms with E-state index in [0.717, 1.165) is 28.1 Å². The summed E-state index contributed by atoms with van der Waals surface area (Å²) in [5.74, 6) is 0.810. The Labute approximate surface area is 112 Å². The van der Waals surface area contributed by atoms with Crippen LogP contribution in [0.5, 0.6) is 5.75 Å². The molecule has 2 nitrogen and oxygen atoms in total. The van der Waals surface area contributed by atoms with Gasteiger partial charge in [-0.05, 0) is 48.7 Å². The van der Waals surface area contributed by atoms with Crippen molar-refractivity contribution in [3.63, 3.8) is 0 Å². The quantitative estimate of drug-likeness (QED) is 0.844. The number of hydrogen-bond acceptors (Lipinski definition) is 2. The Kier molecular flexibility index (Phi) is 3.78. The second-order valence-electron chi connectivity index (χ2n) is 4.33. The third kappa shape index (κ3) is 2.77. The third-order valence-electron chi connectivity index (χ3n) is 3.02. The second kappa shape index (κ2) is 5.32. The predicted octanol–water partition coefficient (Wildman–Crippen LogP) is 4.12. The lowest BCUT2D eigenvalue weighted by Gasteiger charge is -2.12. The molecule has 0 aliphatic carbocycles. The summed E-state index contributed by atoms with van der Waals surface area (Å²) in [6.07, 6.45) is 0. The average Bonchev–Trinajstić information content (AvgIpc) is 2.35. The molecule has 3 heteroatoms. The number of nitrogen functional groups attached to an aromatic ring is 1. The fourth-order valence-corrected chi connectivity index (χ4v) is 1.91. The Morgan fingerprint density at radius 3 is 2.72 bits per heavy atom. The van der Waals surface area contributed by atoms with Crippen LogP contribution in [-0.2, 0) is 6.61 Å². The Balaban J connectivity index is 2.16. The van der Waals surface area contributed by atoms with Crippen LogP contribution in [-0.4, -0.2) is 0 Å². The Morgan fingerprint density at radius 1 is 1.17 bits per heavy atom. The molecule has 0 heterocycles. The molecular formula is C15H16ClNO. The van der Waals surface area contributed by atoms with Crippen LogP contribution in [0.3, 0.4) is 0 Å². The molecule has 0 amide bonds. The van der Waals surface area contributed by atoms with Gasteiger partial charge in [0.25, 0.3) is 0 Å². The molecule has 2 aromatic rings. The molecule has 0 spiro atoms. The number of benzene rings is 2. The molecular weight excluding hydrogens is 246 g/mol. The highest BCUT2D eigenvalue weighted by molar-refractivity contribution is 6.30. The molecule has 0 aliphatic rings. The number of anilines is 1. The molecule has 0 fully saturated rings. The molecule has 2 aromatic carbocycles. The van der Waals surface area contributed by atoms with Gasteiger partial charge in [0.05, 0.1) is 0 Å². The highest BCUT2D eigenvalue weighted by Gasteiger charge is 2.04. The van der Waals surface area contributed by atoms with Crippen LogP contribution < -0.4 is 10.5 Å². The minimum absolute atomic E-state index is 0.498. The first-order valence-corrected chi connectivity index (χ1v) is 6.18. The maximum absolute atomic E-state index is 5.96.